The second-order valence-electron chi connectivity index (χ2n) is 7.22. The molecule has 0 saturated carbocycles. The molecule has 1 aromatic rings. The lowest BCUT2D eigenvalue weighted by Gasteiger charge is -2.33. The monoisotopic (exact) mass is 400 g/mol. The van der Waals surface area contributed by atoms with Crippen LogP contribution in [0.5, 0.6) is 0 Å². The van der Waals surface area contributed by atoms with Crippen LogP contribution < -0.4 is 5.32 Å². The molecule has 1 saturated heterocycles. The third-order valence-electron chi connectivity index (χ3n) is 4.77. The van der Waals surface area contributed by atoms with Gasteiger partial charge >= 0.3 is 0 Å². The highest BCUT2D eigenvalue weighted by Gasteiger charge is 2.34. The number of nitrogens with one attached hydrogen (secondary N) is 1. The third kappa shape index (κ3) is 7.12. The van der Waals surface area contributed by atoms with E-state index in [1.807, 2.05) is 0 Å². The molecule has 0 unspecified atom stereocenters. The van der Waals surface area contributed by atoms with Gasteiger partial charge in [-0.2, -0.15) is 5.10 Å². The summed E-state index contributed by atoms with van der Waals surface area (Å²) >= 11 is 0. The second-order valence-corrected chi connectivity index (χ2v) is 7.22. The molecular formula is C18H32N4O6. The minimum Gasteiger partial charge on any atom is -0.394 e. The van der Waals surface area contributed by atoms with Crippen molar-refractivity contribution in [2.24, 2.45) is 7.05 Å². The molecule has 0 radical (unpaired) electrons. The van der Waals surface area contributed by atoms with E-state index in [1.54, 1.807) is 28.9 Å². The van der Waals surface area contributed by atoms with Crippen LogP contribution in [0.2, 0.25) is 0 Å². The van der Waals surface area contributed by atoms with Gasteiger partial charge in [0.1, 0.15) is 18.3 Å². The van der Waals surface area contributed by atoms with Gasteiger partial charge in [0.2, 0.25) is 5.91 Å². The van der Waals surface area contributed by atoms with Crippen LogP contribution in [0.3, 0.4) is 0 Å². The fourth-order valence-electron chi connectivity index (χ4n) is 3.25. The maximum Gasteiger partial charge on any atom is 0.239 e. The molecule has 2 rings (SSSR count). The van der Waals surface area contributed by atoms with Gasteiger partial charge < -0.3 is 30.5 Å². The van der Waals surface area contributed by atoms with Gasteiger partial charge in [-0.1, -0.05) is 12.8 Å². The molecule has 0 aromatic carbocycles. The highest BCUT2D eigenvalue weighted by molar-refractivity contribution is 5.91. The number of aryl methyl sites for hydroxylation is 1. The SMILES string of the molecule is Cn1ccc(NC(=O)CN2CCCCCCO[C@H]([C@H](O)CO)[C@H](O)[C@H](O)C2)n1. The van der Waals surface area contributed by atoms with Crippen molar-refractivity contribution in [3.63, 3.8) is 0 Å². The first-order chi connectivity index (χ1) is 13.4. The number of amides is 1. The maximum atomic E-state index is 12.3. The topological polar surface area (TPSA) is 140 Å². The summed E-state index contributed by atoms with van der Waals surface area (Å²) in [5.74, 6) is 0.178. The molecule has 1 fully saturated rings. The highest BCUT2D eigenvalue weighted by Crippen LogP contribution is 2.14. The van der Waals surface area contributed by atoms with E-state index < -0.39 is 31.0 Å². The Morgan fingerprint density at radius 2 is 2.11 bits per heavy atom. The lowest BCUT2D eigenvalue weighted by Crippen LogP contribution is -2.52. The fourth-order valence-corrected chi connectivity index (χ4v) is 3.25. The van der Waals surface area contributed by atoms with Crippen LogP contribution in [0.25, 0.3) is 0 Å². The Balaban J connectivity index is 2.00. The molecule has 10 nitrogen and oxygen atoms in total. The molecule has 28 heavy (non-hydrogen) atoms. The summed E-state index contributed by atoms with van der Waals surface area (Å²) in [6, 6.07) is 1.69. The third-order valence-corrected chi connectivity index (χ3v) is 4.77. The molecule has 1 aliphatic heterocycles. The van der Waals surface area contributed by atoms with Crippen molar-refractivity contribution >= 4 is 11.7 Å². The summed E-state index contributed by atoms with van der Waals surface area (Å²) in [5.41, 5.74) is 0. The summed E-state index contributed by atoms with van der Waals surface area (Å²) in [7, 11) is 1.75. The zero-order valence-corrected chi connectivity index (χ0v) is 16.3. The van der Waals surface area contributed by atoms with E-state index in [0.717, 1.165) is 25.7 Å². The van der Waals surface area contributed by atoms with E-state index in [4.69, 9.17) is 4.74 Å². The average Bonchev–Trinajstić information content (AvgIpc) is 3.06. The highest BCUT2D eigenvalue weighted by atomic mass is 16.5. The molecule has 160 valence electrons. The van der Waals surface area contributed by atoms with Gasteiger partial charge in [-0.05, 0) is 19.4 Å². The number of aromatic nitrogens is 2. The van der Waals surface area contributed by atoms with Gasteiger partial charge in [-0.15, -0.1) is 0 Å². The Morgan fingerprint density at radius 1 is 1.36 bits per heavy atom. The Bertz CT molecular complexity index is 598. The molecule has 2 heterocycles. The van der Waals surface area contributed by atoms with E-state index in [0.29, 0.717) is 19.0 Å². The first-order valence-electron chi connectivity index (χ1n) is 9.69. The van der Waals surface area contributed by atoms with Crippen molar-refractivity contribution < 1.29 is 30.0 Å². The van der Waals surface area contributed by atoms with Gasteiger partial charge in [0.05, 0.1) is 19.3 Å². The number of β-amino-alcohol motifs (C(OH)–C–C–N with tert-alkyl or cyclic N) is 1. The van der Waals surface area contributed by atoms with Crippen LogP contribution in [-0.2, 0) is 16.6 Å². The van der Waals surface area contributed by atoms with Crippen LogP contribution >= 0.6 is 0 Å². The number of aliphatic hydroxyl groups is 4. The molecule has 10 heteroatoms. The predicted octanol–water partition coefficient (Wildman–Crippen LogP) is -1.31. The van der Waals surface area contributed by atoms with Crippen LogP contribution in [0.4, 0.5) is 5.82 Å². The molecule has 0 aliphatic carbocycles. The first kappa shape index (κ1) is 22.7. The number of rotatable bonds is 5. The number of aliphatic hydroxyl groups excluding tert-OH is 4. The lowest BCUT2D eigenvalue weighted by molar-refractivity contribution is -0.147. The molecular weight excluding hydrogens is 368 g/mol. The minimum absolute atomic E-state index is 0.0361. The Labute approximate surface area is 164 Å². The largest absolute Gasteiger partial charge is 0.394 e. The van der Waals surface area contributed by atoms with Gasteiger partial charge in [0.15, 0.2) is 5.82 Å². The Morgan fingerprint density at radius 3 is 2.79 bits per heavy atom. The van der Waals surface area contributed by atoms with Crippen LogP contribution in [0.15, 0.2) is 12.3 Å². The molecule has 1 aliphatic rings. The fraction of sp³-hybridized carbons (Fsp3) is 0.778. The molecule has 1 amide bonds. The zero-order valence-electron chi connectivity index (χ0n) is 16.3. The van der Waals surface area contributed by atoms with Crippen molar-refractivity contribution in [1.29, 1.82) is 0 Å². The standard InChI is InChI=1S/C18H32N4O6/c1-21-8-6-15(20-21)19-16(26)11-22-7-4-2-3-5-9-28-18(14(25)12-23)17(27)13(24)10-22/h6,8,13-14,17-18,23-25,27H,2-5,7,9-12H2,1H3,(H,19,20,26)/t13-,14-,17-,18-/m1/s1. The summed E-state index contributed by atoms with van der Waals surface area (Å²) in [4.78, 5) is 14.1. The van der Waals surface area contributed by atoms with Crippen molar-refractivity contribution in [3.8, 4) is 0 Å². The Kier molecular flexibility index (Phi) is 9.29. The number of anilines is 1. The van der Waals surface area contributed by atoms with Gasteiger partial charge in [0.25, 0.3) is 0 Å². The predicted molar refractivity (Wildman–Crippen MR) is 102 cm³/mol. The van der Waals surface area contributed by atoms with E-state index >= 15 is 0 Å². The molecule has 5 N–H and O–H groups in total. The molecule has 0 spiro atoms. The number of carbonyl (C=O) groups excluding carboxylic acids is 1. The normalized spacial score (nSPS) is 26.8. The number of ether oxygens (including phenoxy) is 1. The molecule has 1 aromatic heterocycles. The number of nitrogens with zero attached hydrogens (tertiary/aromatic N) is 3. The number of hydrogen-bond acceptors (Lipinski definition) is 8. The zero-order chi connectivity index (χ0) is 20.5. The van der Waals surface area contributed by atoms with Crippen molar-refractivity contribution in [1.82, 2.24) is 14.7 Å². The first-order valence-corrected chi connectivity index (χ1v) is 9.69. The van der Waals surface area contributed by atoms with Crippen LogP contribution in [-0.4, -0.2) is 98.3 Å². The maximum absolute atomic E-state index is 12.3. The average molecular weight is 400 g/mol. The summed E-state index contributed by atoms with van der Waals surface area (Å²) in [6.07, 6.45) is 0.147. The number of carbonyl (C=O) groups is 1. The molecule has 4 atom stereocenters. The Hall–Kier alpha value is -1.56. The smallest absolute Gasteiger partial charge is 0.239 e. The van der Waals surface area contributed by atoms with Crippen LogP contribution in [0, 0.1) is 0 Å². The summed E-state index contributed by atoms with van der Waals surface area (Å²) < 4.78 is 7.10. The van der Waals surface area contributed by atoms with Crippen LogP contribution in [0.1, 0.15) is 25.7 Å². The van der Waals surface area contributed by atoms with E-state index in [1.165, 1.54) is 0 Å². The van der Waals surface area contributed by atoms with E-state index in [-0.39, 0.29) is 19.0 Å². The van der Waals surface area contributed by atoms with Crippen molar-refractivity contribution in [2.75, 3.05) is 38.2 Å². The van der Waals surface area contributed by atoms with E-state index in [2.05, 4.69) is 10.4 Å². The quantitative estimate of drug-likeness (QED) is 0.411. The lowest BCUT2D eigenvalue weighted by atomic mass is 10.0. The van der Waals surface area contributed by atoms with Crippen molar-refractivity contribution in [3.05, 3.63) is 12.3 Å². The van der Waals surface area contributed by atoms with Gasteiger partial charge in [-0.3, -0.25) is 14.4 Å². The second kappa shape index (κ2) is 11.4. The van der Waals surface area contributed by atoms with E-state index in [9.17, 15) is 25.2 Å². The van der Waals surface area contributed by atoms with Crippen molar-refractivity contribution in [2.45, 2.75) is 50.1 Å². The minimum atomic E-state index is -1.39. The summed E-state index contributed by atoms with van der Waals surface area (Å²) in [5, 5.41) is 46.8. The summed E-state index contributed by atoms with van der Waals surface area (Å²) in [6.45, 7) is 0.420. The molecule has 0 bridgehead atoms. The number of hydrogen-bond donors (Lipinski definition) is 5. The van der Waals surface area contributed by atoms with Gasteiger partial charge in [-0.25, -0.2) is 0 Å². The van der Waals surface area contributed by atoms with Gasteiger partial charge in [0, 0.05) is 32.5 Å².